The van der Waals surface area contributed by atoms with Crippen molar-refractivity contribution in [2.45, 2.75) is 19.9 Å². The Hall–Kier alpha value is -1.72. The number of aryl methyl sites for hydroxylation is 1. The van der Waals surface area contributed by atoms with Gasteiger partial charge in [-0.1, -0.05) is 18.5 Å². The minimum Gasteiger partial charge on any atom is -0.293 e. The summed E-state index contributed by atoms with van der Waals surface area (Å²) >= 11 is 7.55. The van der Waals surface area contributed by atoms with Crippen LogP contribution in [-0.4, -0.2) is 14.5 Å². The first-order valence-corrected chi connectivity index (χ1v) is 7.51. The molecule has 4 nitrogen and oxygen atoms in total. The first kappa shape index (κ1) is 13.3. The van der Waals surface area contributed by atoms with E-state index in [9.17, 15) is 4.79 Å². The van der Waals surface area contributed by atoms with E-state index in [2.05, 4.69) is 16.9 Å². The van der Waals surface area contributed by atoms with Crippen LogP contribution in [0, 0.1) is 0 Å². The minimum absolute atomic E-state index is 0.0939. The van der Waals surface area contributed by atoms with Crippen molar-refractivity contribution in [2.24, 2.45) is 0 Å². The molecule has 0 atom stereocenters. The van der Waals surface area contributed by atoms with Crippen molar-refractivity contribution in [3.63, 3.8) is 0 Å². The molecule has 6 heteroatoms. The summed E-state index contributed by atoms with van der Waals surface area (Å²) in [5.74, 6) is 0. The number of hydrogen-bond acceptors (Lipinski definition) is 4. The first-order chi connectivity index (χ1) is 9.67. The third kappa shape index (κ3) is 2.46. The van der Waals surface area contributed by atoms with Gasteiger partial charge in [-0.2, -0.15) is 0 Å². The van der Waals surface area contributed by atoms with E-state index in [4.69, 9.17) is 11.6 Å². The average Bonchev–Trinajstić information content (AvgIpc) is 2.90. The Kier molecular flexibility index (Phi) is 3.54. The zero-order chi connectivity index (χ0) is 14.1. The number of fused-ring (bicyclic) bond motifs is 1. The molecule has 3 aromatic rings. The van der Waals surface area contributed by atoms with Crippen LogP contribution in [-0.2, 0) is 13.0 Å². The summed E-state index contributed by atoms with van der Waals surface area (Å²) in [4.78, 5) is 21.2. The number of nitrogens with zero attached hydrogens (tertiary/aromatic N) is 3. The summed E-state index contributed by atoms with van der Waals surface area (Å²) in [6.45, 7) is 2.50. The predicted molar refractivity (Wildman–Crippen MR) is 81.6 cm³/mol. The van der Waals surface area contributed by atoms with Crippen LogP contribution >= 0.6 is 22.9 Å². The summed E-state index contributed by atoms with van der Waals surface area (Å²) < 4.78 is 1.56. The van der Waals surface area contributed by atoms with E-state index in [0.29, 0.717) is 22.5 Å². The second-order valence-electron chi connectivity index (χ2n) is 4.43. The van der Waals surface area contributed by atoms with Gasteiger partial charge in [-0.15, -0.1) is 11.3 Å². The van der Waals surface area contributed by atoms with Crippen LogP contribution in [0.2, 0.25) is 5.02 Å². The van der Waals surface area contributed by atoms with Gasteiger partial charge in [-0.3, -0.25) is 9.36 Å². The highest BCUT2D eigenvalue weighted by atomic mass is 35.5. The van der Waals surface area contributed by atoms with Crippen LogP contribution in [0.25, 0.3) is 10.9 Å². The van der Waals surface area contributed by atoms with Crippen LogP contribution in [0.4, 0.5) is 0 Å². The Bertz CT molecular complexity index is 825. The third-order valence-electron chi connectivity index (χ3n) is 3.02. The molecule has 0 aliphatic rings. The fourth-order valence-corrected chi connectivity index (χ4v) is 2.91. The van der Waals surface area contributed by atoms with Gasteiger partial charge < -0.3 is 0 Å². The summed E-state index contributed by atoms with van der Waals surface area (Å²) in [6.07, 6.45) is 2.47. The maximum absolute atomic E-state index is 12.4. The van der Waals surface area contributed by atoms with E-state index in [1.165, 1.54) is 0 Å². The van der Waals surface area contributed by atoms with Crippen molar-refractivity contribution in [1.82, 2.24) is 14.5 Å². The highest BCUT2D eigenvalue weighted by Gasteiger charge is 2.07. The summed E-state index contributed by atoms with van der Waals surface area (Å²) in [7, 11) is 0. The van der Waals surface area contributed by atoms with Crippen LogP contribution in [0.1, 0.15) is 17.6 Å². The van der Waals surface area contributed by atoms with Crippen LogP contribution in [0.15, 0.2) is 34.7 Å². The lowest BCUT2D eigenvalue weighted by Gasteiger charge is -2.04. The molecule has 0 bridgehead atoms. The molecule has 0 amide bonds. The lowest BCUT2D eigenvalue weighted by molar-refractivity contribution is 0.731. The van der Waals surface area contributed by atoms with Gasteiger partial charge in [-0.05, 0) is 24.6 Å². The van der Waals surface area contributed by atoms with E-state index in [-0.39, 0.29) is 5.56 Å². The second kappa shape index (κ2) is 5.34. The first-order valence-electron chi connectivity index (χ1n) is 6.25. The molecule has 0 aliphatic carbocycles. The predicted octanol–water partition coefficient (Wildman–Crippen LogP) is 3.12. The zero-order valence-electron chi connectivity index (χ0n) is 10.8. The van der Waals surface area contributed by atoms with Gasteiger partial charge in [0.25, 0.3) is 5.56 Å². The van der Waals surface area contributed by atoms with Gasteiger partial charge >= 0.3 is 0 Å². The van der Waals surface area contributed by atoms with E-state index in [0.717, 1.165) is 17.1 Å². The van der Waals surface area contributed by atoms with Crippen LogP contribution in [0.5, 0.6) is 0 Å². The Morgan fingerprint density at radius 2 is 2.25 bits per heavy atom. The van der Waals surface area contributed by atoms with Gasteiger partial charge in [0.1, 0.15) is 0 Å². The van der Waals surface area contributed by atoms with Crippen molar-refractivity contribution in [3.05, 3.63) is 56.0 Å². The Morgan fingerprint density at radius 1 is 1.40 bits per heavy atom. The number of halogens is 1. The molecular weight excluding hydrogens is 294 g/mol. The molecule has 0 saturated heterocycles. The quantitative estimate of drug-likeness (QED) is 0.747. The molecule has 0 aliphatic heterocycles. The van der Waals surface area contributed by atoms with Crippen LogP contribution in [0.3, 0.4) is 0 Å². The standard InChI is InChI=1S/C14H12ClN3OS/c1-2-13-17-10(7-20-13)6-18-8-16-12-4-3-9(15)5-11(12)14(18)19/h3-5,7-8H,2,6H2,1H3. The second-order valence-corrected chi connectivity index (χ2v) is 5.80. The molecule has 1 aromatic carbocycles. The SMILES string of the molecule is CCc1nc(Cn2cnc3ccc(Cl)cc3c2=O)cs1. The van der Waals surface area contributed by atoms with Crippen molar-refractivity contribution in [3.8, 4) is 0 Å². The molecule has 2 aromatic heterocycles. The number of rotatable bonds is 3. The molecule has 0 fully saturated rings. The van der Waals surface area contributed by atoms with E-state index >= 15 is 0 Å². The summed E-state index contributed by atoms with van der Waals surface area (Å²) in [5.41, 5.74) is 1.45. The van der Waals surface area contributed by atoms with Gasteiger partial charge in [0.05, 0.1) is 34.5 Å². The van der Waals surface area contributed by atoms with E-state index in [1.807, 2.05) is 5.38 Å². The smallest absolute Gasteiger partial charge is 0.261 e. The van der Waals surface area contributed by atoms with E-state index in [1.54, 1.807) is 40.4 Å². The van der Waals surface area contributed by atoms with Gasteiger partial charge in [0, 0.05) is 10.4 Å². The Labute approximate surface area is 124 Å². The number of thiazole rings is 1. The number of hydrogen-bond donors (Lipinski definition) is 0. The molecule has 0 radical (unpaired) electrons. The monoisotopic (exact) mass is 305 g/mol. The summed E-state index contributed by atoms with van der Waals surface area (Å²) in [6, 6.07) is 5.14. The molecule has 0 unspecified atom stereocenters. The molecule has 0 N–H and O–H groups in total. The van der Waals surface area contributed by atoms with Gasteiger partial charge in [-0.25, -0.2) is 9.97 Å². The molecule has 20 heavy (non-hydrogen) atoms. The maximum atomic E-state index is 12.4. The average molecular weight is 306 g/mol. The fraction of sp³-hybridized carbons (Fsp3) is 0.214. The minimum atomic E-state index is -0.0939. The van der Waals surface area contributed by atoms with E-state index < -0.39 is 0 Å². The Balaban J connectivity index is 2.03. The highest BCUT2D eigenvalue weighted by Crippen LogP contribution is 2.15. The largest absolute Gasteiger partial charge is 0.293 e. The number of benzene rings is 1. The Morgan fingerprint density at radius 3 is 3.00 bits per heavy atom. The summed E-state index contributed by atoms with van der Waals surface area (Å²) in [5, 5.41) is 4.12. The van der Waals surface area contributed by atoms with Crippen molar-refractivity contribution >= 4 is 33.8 Å². The molecule has 3 rings (SSSR count). The van der Waals surface area contributed by atoms with Crippen molar-refractivity contribution in [2.75, 3.05) is 0 Å². The molecule has 2 heterocycles. The lowest BCUT2D eigenvalue weighted by Crippen LogP contribution is -2.21. The lowest BCUT2D eigenvalue weighted by atomic mass is 10.2. The molecule has 0 spiro atoms. The fourth-order valence-electron chi connectivity index (χ4n) is 2.00. The zero-order valence-corrected chi connectivity index (χ0v) is 12.4. The molecule has 102 valence electrons. The topological polar surface area (TPSA) is 47.8 Å². The van der Waals surface area contributed by atoms with Crippen molar-refractivity contribution < 1.29 is 0 Å². The molecule has 0 saturated carbocycles. The van der Waals surface area contributed by atoms with Gasteiger partial charge in [0.2, 0.25) is 0 Å². The van der Waals surface area contributed by atoms with Crippen molar-refractivity contribution in [1.29, 1.82) is 0 Å². The third-order valence-corrected chi connectivity index (χ3v) is 4.30. The highest BCUT2D eigenvalue weighted by molar-refractivity contribution is 7.09. The van der Waals surface area contributed by atoms with Crippen LogP contribution < -0.4 is 5.56 Å². The van der Waals surface area contributed by atoms with Gasteiger partial charge in [0.15, 0.2) is 0 Å². The maximum Gasteiger partial charge on any atom is 0.261 e. The number of aromatic nitrogens is 3. The molecular formula is C14H12ClN3OS. The normalized spacial score (nSPS) is 11.1.